The average Bonchev–Trinajstić information content (AvgIpc) is 2.88. The molecule has 0 atom stereocenters. The molecule has 1 heterocycles. The molecular formula is C29H33NO3. The van der Waals surface area contributed by atoms with Crippen LogP contribution in [0.3, 0.4) is 0 Å². The number of carbonyl (C=O) groups is 1. The van der Waals surface area contributed by atoms with Crippen LogP contribution in [-0.4, -0.2) is 50.1 Å². The Kier molecular flexibility index (Phi) is 8.68. The Balaban J connectivity index is 1.19. The van der Waals surface area contributed by atoms with Crippen LogP contribution < -0.4 is 4.74 Å². The number of rotatable bonds is 11. The molecule has 0 aliphatic carbocycles. The second-order valence-corrected chi connectivity index (χ2v) is 8.52. The van der Waals surface area contributed by atoms with Crippen LogP contribution >= 0.6 is 0 Å². The highest BCUT2D eigenvalue weighted by Gasteiger charge is 2.09. The lowest BCUT2D eigenvalue weighted by molar-refractivity contribution is 0.0358. The summed E-state index contributed by atoms with van der Waals surface area (Å²) >= 11 is 0. The van der Waals surface area contributed by atoms with Crippen molar-refractivity contribution in [2.24, 2.45) is 0 Å². The SMILES string of the molecule is O=C(CCCc1ccc(-c2ccc(OCCCN3CCOCC3)cc2)cc1)c1ccccc1. The molecule has 0 unspecified atom stereocenters. The van der Waals surface area contributed by atoms with Crippen molar-refractivity contribution in [2.75, 3.05) is 39.5 Å². The molecule has 33 heavy (non-hydrogen) atoms. The summed E-state index contributed by atoms with van der Waals surface area (Å²) in [6.07, 6.45) is 3.39. The van der Waals surface area contributed by atoms with Gasteiger partial charge in [0.1, 0.15) is 5.75 Å². The van der Waals surface area contributed by atoms with Crippen LogP contribution in [0.4, 0.5) is 0 Å². The summed E-state index contributed by atoms with van der Waals surface area (Å²) in [7, 11) is 0. The number of morpholine rings is 1. The molecule has 0 N–H and O–H groups in total. The first-order chi connectivity index (χ1) is 16.3. The first kappa shape index (κ1) is 23.2. The van der Waals surface area contributed by atoms with E-state index < -0.39 is 0 Å². The smallest absolute Gasteiger partial charge is 0.162 e. The maximum absolute atomic E-state index is 12.2. The quantitative estimate of drug-likeness (QED) is 0.283. The maximum atomic E-state index is 12.2. The summed E-state index contributed by atoms with van der Waals surface area (Å²) in [4.78, 5) is 14.7. The third-order valence-electron chi connectivity index (χ3n) is 6.10. The van der Waals surface area contributed by atoms with Crippen molar-refractivity contribution in [3.63, 3.8) is 0 Å². The zero-order valence-electron chi connectivity index (χ0n) is 19.2. The van der Waals surface area contributed by atoms with Gasteiger partial charge < -0.3 is 9.47 Å². The Hall–Kier alpha value is -2.95. The van der Waals surface area contributed by atoms with E-state index in [1.165, 1.54) is 16.7 Å². The molecule has 3 aromatic rings. The fourth-order valence-corrected chi connectivity index (χ4v) is 4.13. The van der Waals surface area contributed by atoms with Crippen molar-refractivity contribution in [3.8, 4) is 16.9 Å². The Labute approximate surface area is 197 Å². The van der Waals surface area contributed by atoms with Crippen LogP contribution in [0.2, 0.25) is 0 Å². The molecular weight excluding hydrogens is 410 g/mol. The van der Waals surface area contributed by atoms with E-state index >= 15 is 0 Å². The number of benzene rings is 3. The number of hydrogen-bond acceptors (Lipinski definition) is 4. The van der Waals surface area contributed by atoms with E-state index in [0.717, 1.165) is 70.0 Å². The van der Waals surface area contributed by atoms with Gasteiger partial charge in [-0.1, -0.05) is 66.7 Å². The van der Waals surface area contributed by atoms with Crippen molar-refractivity contribution in [1.82, 2.24) is 4.90 Å². The minimum Gasteiger partial charge on any atom is -0.494 e. The maximum Gasteiger partial charge on any atom is 0.162 e. The molecule has 0 aromatic heterocycles. The van der Waals surface area contributed by atoms with Gasteiger partial charge in [-0.05, 0) is 48.1 Å². The van der Waals surface area contributed by atoms with Gasteiger partial charge in [-0.3, -0.25) is 9.69 Å². The number of carbonyl (C=O) groups excluding carboxylic acids is 1. The molecule has 4 nitrogen and oxygen atoms in total. The van der Waals surface area contributed by atoms with E-state index in [4.69, 9.17) is 9.47 Å². The summed E-state index contributed by atoms with van der Waals surface area (Å²) in [5.41, 5.74) is 4.44. The predicted molar refractivity (Wildman–Crippen MR) is 133 cm³/mol. The Morgan fingerprint density at radius 3 is 2.18 bits per heavy atom. The number of ether oxygens (including phenoxy) is 2. The number of nitrogens with zero attached hydrogens (tertiary/aromatic N) is 1. The Morgan fingerprint density at radius 2 is 1.48 bits per heavy atom. The van der Waals surface area contributed by atoms with E-state index in [1.54, 1.807) is 0 Å². The first-order valence-corrected chi connectivity index (χ1v) is 12.0. The van der Waals surface area contributed by atoms with Gasteiger partial charge in [0.25, 0.3) is 0 Å². The third-order valence-corrected chi connectivity index (χ3v) is 6.10. The Morgan fingerprint density at radius 1 is 0.818 bits per heavy atom. The van der Waals surface area contributed by atoms with Crippen LogP contribution in [0, 0.1) is 0 Å². The molecule has 0 bridgehead atoms. The highest BCUT2D eigenvalue weighted by molar-refractivity contribution is 5.95. The summed E-state index contributed by atoms with van der Waals surface area (Å²) < 4.78 is 11.3. The molecule has 0 saturated carbocycles. The Bertz CT molecular complexity index is 978. The van der Waals surface area contributed by atoms with Crippen LogP contribution in [0.25, 0.3) is 11.1 Å². The molecule has 1 aliphatic heterocycles. The van der Waals surface area contributed by atoms with Gasteiger partial charge in [0, 0.05) is 31.6 Å². The predicted octanol–water partition coefficient (Wildman–Crippen LogP) is 5.66. The number of ketones is 1. The summed E-state index contributed by atoms with van der Waals surface area (Å²) in [6.45, 7) is 5.54. The lowest BCUT2D eigenvalue weighted by Crippen LogP contribution is -2.37. The lowest BCUT2D eigenvalue weighted by atomic mass is 10.00. The molecule has 1 saturated heterocycles. The zero-order chi connectivity index (χ0) is 22.7. The van der Waals surface area contributed by atoms with Gasteiger partial charge in [0.05, 0.1) is 19.8 Å². The highest BCUT2D eigenvalue weighted by Crippen LogP contribution is 2.23. The molecule has 4 heteroatoms. The van der Waals surface area contributed by atoms with Crippen LogP contribution in [0.15, 0.2) is 78.9 Å². The summed E-state index contributed by atoms with van der Waals surface area (Å²) in [5, 5.41) is 0. The monoisotopic (exact) mass is 443 g/mol. The lowest BCUT2D eigenvalue weighted by Gasteiger charge is -2.26. The summed E-state index contributed by atoms with van der Waals surface area (Å²) in [5.74, 6) is 1.14. The van der Waals surface area contributed by atoms with Crippen LogP contribution in [0.1, 0.15) is 35.2 Å². The van der Waals surface area contributed by atoms with Crippen molar-refractivity contribution < 1.29 is 14.3 Å². The molecule has 1 aliphatic rings. The largest absolute Gasteiger partial charge is 0.494 e. The van der Waals surface area contributed by atoms with Gasteiger partial charge >= 0.3 is 0 Å². The fourth-order valence-electron chi connectivity index (χ4n) is 4.13. The van der Waals surface area contributed by atoms with Crippen LogP contribution in [-0.2, 0) is 11.2 Å². The minimum absolute atomic E-state index is 0.218. The van der Waals surface area contributed by atoms with Gasteiger partial charge in [0.15, 0.2) is 5.78 Å². The number of hydrogen-bond donors (Lipinski definition) is 0. The molecule has 3 aromatic carbocycles. The van der Waals surface area contributed by atoms with E-state index in [2.05, 4.69) is 41.3 Å². The zero-order valence-corrected chi connectivity index (χ0v) is 19.2. The van der Waals surface area contributed by atoms with Crippen molar-refractivity contribution in [1.29, 1.82) is 0 Å². The van der Waals surface area contributed by atoms with Crippen LogP contribution in [0.5, 0.6) is 5.75 Å². The molecule has 4 rings (SSSR count). The van der Waals surface area contributed by atoms with E-state index in [1.807, 2.05) is 42.5 Å². The number of Topliss-reactive ketones (excluding diaryl/α,β-unsaturated/α-hetero) is 1. The third kappa shape index (κ3) is 7.28. The van der Waals surface area contributed by atoms with Gasteiger partial charge in [-0.25, -0.2) is 0 Å². The molecule has 0 spiro atoms. The van der Waals surface area contributed by atoms with E-state index in [9.17, 15) is 4.79 Å². The van der Waals surface area contributed by atoms with E-state index in [-0.39, 0.29) is 5.78 Å². The minimum atomic E-state index is 0.218. The molecule has 0 radical (unpaired) electrons. The normalized spacial score (nSPS) is 14.2. The standard InChI is InChI=1S/C29H33NO3/c31-29(27-7-2-1-3-8-27)9-4-6-24-10-12-25(13-11-24)26-14-16-28(17-15-26)33-21-5-18-30-19-22-32-23-20-30/h1-3,7-8,10-17H,4-6,9,18-23H2. The van der Waals surface area contributed by atoms with Crippen molar-refractivity contribution >= 4 is 5.78 Å². The van der Waals surface area contributed by atoms with E-state index in [0.29, 0.717) is 6.42 Å². The molecule has 1 fully saturated rings. The average molecular weight is 444 g/mol. The topological polar surface area (TPSA) is 38.8 Å². The van der Waals surface area contributed by atoms with Gasteiger partial charge in [-0.15, -0.1) is 0 Å². The van der Waals surface area contributed by atoms with Gasteiger partial charge in [-0.2, -0.15) is 0 Å². The van der Waals surface area contributed by atoms with Gasteiger partial charge in [0.2, 0.25) is 0 Å². The number of aryl methyl sites for hydroxylation is 1. The first-order valence-electron chi connectivity index (χ1n) is 12.0. The fraction of sp³-hybridized carbons (Fsp3) is 0.345. The second kappa shape index (κ2) is 12.3. The van der Waals surface area contributed by atoms with Crippen molar-refractivity contribution in [3.05, 3.63) is 90.0 Å². The second-order valence-electron chi connectivity index (χ2n) is 8.52. The summed E-state index contributed by atoms with van der Waals surface area (Å²) in [6, 6.07) is 26.5. The van der Waals surface area contributed by atoms with Crippen molar-refractivity contribution in [2.45, 2.75) is 25.7 Å². The molecule has 172 valence electrons. The molecule has 0 amide bonds. The highest BCUT2D eigenvalue weighted by atomic mass is 16.5.